The lowest BCUT2D eigenvalue weighted by molar-refractivity contribution is 0.444. The predicted octanol–water partition coefficient (Wildman–Crippen LogP) is 2.41. The standard InChI is InChI=1S/C15H19N3/c1-16-14(15-17-9-10-18(15)2)13-8-7-11-5-3-4-6-12(11)13/h3-6,9-10,13-14,16H,7-8H2,1-2H3. The number of aromatic nitrogens is 2. The lowest BCUT2D eigenvalue weighted by Crippen LogP contribution is -2.25. The van der Waals surface area contributed by atoms with Gasteiger partial charge in [-0.25, -0.2) is 4.98 Å². The van der Waals surface area contributed by atoms with Crippen molar-refractivity contribution in [3.8, 4) is 0 Å². The average Bonchev–Trinajstić information content (AvgIpc) is 2.99. The molecule has 1 aromatic carbocycles. The molecule has 0 bridgehead atoms. The first-order chi connectivity index (χ1) is 8.81. The molecule has 3 rings (SSSR count). The van der Waals surface area contributed by atoms with Crippen molar-refractivity contribution in [1.29, 1.82) is 0 Å². The molecular formula is C15H19N3. The number of hydrogen-bond donors (Lipinski definition) is 1. The second kappa shape index (κ2) is 4.58. The van der Waals surface area contributed by atoms with Gasteiger partial charge in [0.05, 0.1) is 6.04 Å². The third kappa shape index (κ3) is 1.75. The lowest BCUT2D eigenvalue weighted by atomic mass is 9.92. The van der Waals surface area contributed by atoms with E-state index in [9.17, 15) is 0 Å². The summed E-state index contributed by atoms with van der Waals surface area (Å²) < 4.78 is 2.11. The first kappa shape index (κ1) is 11.5. The first-order valence-corrected chi connectivity index (χ1v) is 6.53. The van der Waals surface area contributed by atoms with E-state index in [4.69, 9.17) is 0 Å². The van der Waals surface area contributed by atoms with Gasteiger partial charge in [-0.1, -0.05) is 24.3 Å². The molecule has 0 amide bonds. The van der Waals surface area contributed by atoms with E-state index < -0.39 is 0 Å². The van der Waals surface area contributed by atoms with Crippen LogP contribution in [0.4, 0.5) is 0 Å². The van der Waals surface area contributed by atoms with Gasteiger partial charge in [-0.2, -0.15) is 0 Å². The number of benzene rings is 1. The molecule has 3 nitrogen and oxygen atoms in total. The monoisotopic (exact) mass is 241 g/mol. The SMILES string of the molecule is CNC(c1nccn1C)C1CCc2ccccc21. The average molecular weight is 241 g/mol. The molecule has 1 aliphatic rings. The number of nitrogens with zero attached hydrogens (tertiary/aromatic N) is 2. The van der Waals surface area contributed by atoms with E-state index in [-0.39, 0.29) is 0 Å². The van der Waals surface area contributed by atoms with Crippen molar-refractivity contribution in [1.82, 2.24) is 14.9 Å². The van der Waals surface area contributed by atoms with Crippen LogP contribution in [0.5, 0.6) is 0 Å². The molecule has 1 aliphatic carbocycles. The van der Waals surface area contributed by atoms with E-state index in [1.165, 1.54) is 24.0 Å². The van der Waals surface area contributed by atoms with Gasteiger partial charge >= 0.3 is 0 Å². The molecule has 2 atom stereocenters. The molecule has 94 valence electrons. The van der Waals surface area contributed by atoms with Gasteiger partial charge in [0, 0.05) is 25.4 Å². The summed E-state index contributed by atoms with van der Waals surface area (Å²) in [4.78, 5) is 4.50. The molecule has 18 heavy (non-hydrogen) atoms. The lowest BCUT2D eigenvalue weighted by Gasteiger charge is -2.23. The van der Waals surface area contributed by atoms with Gasteiger partial charge < -0.3 is 9.88 Å². The summed E-state index contributed by atoms with van der Waals surface area (Å²) in [6, 6.07) is 9.09. The number of likely N-dealkylation sites (N-methyl/N-ethyl adjacent to an activating group) is 1. The highest BCUT2D eigenvalue weighted by Crippen LogP contribution is 2.40. The van der Waals surface area contributed by atoms with Crippen LogP contribution in [0.15, 0.2) is 36.7 Å². The predicted molar refractivity (Wildman–Crippen MR) is 72.5 cm³/mol. The Bertz CT molecular complexity index is 544. The second-order valence-electron chi connectivity index (χ2n) is 5.01. The summed E-state index contributed by atoms with van der Waals surface area (Å²) in [5.41, 5.74) is 2.98. The second-order valence-corrected chi connectivity index (χ2v) is 5.01. The van der Waals surface area contributed by atoms with Crippen LogP contribution in [0.2, 0.25) is 0 Å². The minimum absolute atomic E-state index is 0.300. The van der Waals surface area contributed by atoms with E-state index >= 15 is 0 Å². The Morgan fingerprint density at radius 1 is 1.39 bits per heavy atom. The van der Waals surface area contributed by atoms with E-state index in [0.717, 1.165) is 5.82 Å². The van der Waals surface area contributed by atoms with Crippen LogP contribution >= 0.6 is 0 Å². The molecule has 2 unspecified atom stereocenters. The molecule has 0 saturated heterocycles. The number of rotatable bonds is 3. The highest BCUT2D eigenvalue weighted by Gasteiger charge is 2.31. The van der Waals surface area contributed by atoms with Crippen molar-refractivity contribution in [3.05, 3.63) is 53.6 Å². The maximum absolute atomic E-state index is 4.50. The highest BCUT2D eigenvalue weighted by molar-refractivity contribution is 5.36. The summed E-state index contributed by atoms with van der Waals surface area (Å²) in [6.45, 7) is 0. The molecule has 1 heterocycles. The first-order valence-electron chi connectivity index (χ1n) is 6.53. The zero-order valence-corrected chi connectivity index (χ0v) is 10.9. The van der Waals surface area contributed by atoms with Gasteiger partial charge in [-0.05, 0) is 31.0 Å². The molecule has 1 aromatic heterocycles. The number of imidazole rings is 1. The van der Waals surface area contributed by atoms with Crippen LogP contribution in [0, 0.1) is 0 Å². The summed E-state index contributed by atoms with van der Waals surface area (Å²) in [5.74, 6) is 1.66. The molecule has 0 saturated carbocycles. The van der Waals surface area contributed by atoms with Gasteiger partial charge in [0.25, 0.3) is 0 Å². The maximum Gasteiger partial charge on any atom is 0.126 e. The Hall–Kier alpha value is -1.61. The van der Waals surface area contributed by atoms with Gasteiger partial charge in [-0.3, -0.25) is 0 Å². The van der Waals surface area contributed by atoms with Crippen LogP contribution in [0.25, 0.3) is 0 Å². The van der Waals surface area contributed by atoms with Crippen molar-refractivity contribution in [2.75, 3.05) is 7.05 Å². The van der Waals surface area contributed by atoms with Crippen molar-refractivity contribution in [2.45, 2.75) is 24.8 Å². The molecular weight excluding hydrogens is 222 g/mol. The topological polar surface area (TPSA) is 29.9 Å². The largest absolute Gasteiger partial charge is 0.337 e. The van der Waals surface area contributed by atoms with Gasteiger partial charge in [-0.15, -0.1) is 0 Å². The van der Waals surface area contributed by atoms with Crippen molar-refractivity contribution in [2.24, 2.45) is 7.05 Å². The Kier molecular flexibility index (Phi) is 2.92. The maximum atomic E-state index is 4.50. The van der Waals surface area contributed by atoms with E-state index in [0.29, 0.717) is 12.0 Å². The number of aryl methyl sites for hydroxylation is 2. The molecule has 0 fully saturated rings. The number of nitrogens with one attached hydrogen (secondary N) is 1. The van der Waals surface area contributed by atoms with Gasteiger partial charge in [0.2, 0.25) is 0 Å². The Balaban J connectivity index is 1.98. The highest BCUT2D eigenvalue weighted by atomic mass is 15.1. The molecule has 0 aliphatic heterocycles. The number of hydrogen-bond acceptors (Lipinski definition) is 2. The number of fused-ring (bicyclic) bond motifs is 1. The van der Waals surface area contributed by atoms with Crippen molar-refractivity contribution in [3.63, 3.8) is 0 Å². The quantitative estimate of drug-likeness (QED) is 0.894. The zero-order valence-electron chi connectivity index (χ0n) is 10.9. The summed E-state index contributed by atoms with van der Waals surface area (Å²) in [6.07, 6.45) is 6.28. The van der Waals surface area contributed by atoms with Crippen LogP contribution in [0.1, 0.15) is 35.3 Å². The van der Waals surface area contributed by atoms with Crippen LogP contribution < -0.4 is 5.32 Å². The fourth-order valence-corrected chi connectivity index (χ4v) is 3.12. The molecule has 1 N–H and O–H groups in total. The summed E-state index contributed by atoms with van der Waals surface area (Å²) >= 11 is 0. The molecule has 2 aromatic rings. The normalized spacial score (nSPS) is 19.8. The van der Waals surface area contributed by atoms with Crippen LogP contribution in [-0.2, 0) is 13.5 Å². The van der Waals surface area contributed by atoms with Crippen molar-refractivity contribution >= 4 is 0 Å². The zero-order chi connectivity index (χ0) is 12.5. The fraction of sp³-hybridized carbons (Fsp3) is 0.400. The van der Waals surface area contributed by atoms with E-state index in [1.54, 1.807) is 0 Å². The van der Waals surface area contributed by atoms with Gasteiger partial charge in [0.15, 0.2) is 0 Å². The Morgan fingerprint density at radius 3 is 2.94 bits per heavy atom. The fourth-order valence-electron chi connectivity index (χ4n) is 3.12. The van der Waals surface area contributed by atoms with Gasteiger partial charge in [0.1, 0.15) is 5.82 Å². The molecule has 3 heteroatoms. The Morgan fingerprint density at radius 2 is 2.22 bits per heavy atom. The summed E-state index contributed by atoms with van der Waals surface area (Å²) in [5, 5.41) is 3.44. The van der Waals surface area contributed by atoms with E-state index in [1.807, 2.05) is 19.4 Å². The smallest absolute Gasteiger partial charge is 0.126 e. The molecule has 0 radical (unpaired) electrons. The third-order valence-electron chi connectivity index (χ3n) is 4.03. The molecule has 0 spiro atoms. The van der Waals surface area contributed by atoms with Crippen LogP contribution in [-0.4, -0.2) is 16.6 Å². The summed E-state index contributed by atoms with van der Waals surface area (Å²) in [7, 11) is 4.09. The third-order valence-corrected chi connectivity index (χ3v) is 4.03. The van der Waals surface area contributed by atoms with E-state index in [2.05, 4.69) is 46.2 Å². The minimum atomic E-state index is 0.300. The minimum Gasteiger partial charge on any atom is -0.337 e. The van der Waals surface area contributed by atoms with Crippen molar-refractivity contribution < 1.29 is 0 Å². The van der Waals surface area contributed by atoms with Crippen LogP contribution in [0.3, 0.4) is 0 Å². The Labute approximate surface area is 108 Å².